The van der Waals surface area contributed by atoms with Crippen molar-refractivity contribution in [1.29, 1.82) is 0 Å². The SMILES string of the molecule is CCc1ccc(CNc2nc(C(C)C)ns2)s1. The van der Waals surface area contributed by atoms with Gasteiger partial charge < -0.3 is 5.32 Å². The second-order valence-electron chi connectivity index (χ2n) is 4.19. The first kappa shape index (κ1) is 12.5. The average molecular weight is 267 g/mol. The van der Waals surface area contributed by atoms with E-state index in [1.807, 2.05) is 11.3 Å². The Kier molecular flexibility index (Phi) is 4.12. The smallest absolute Gasteiger partial charge is 0.202 e. The van der Waals surface area contributed by atoms with Gasteiger partial charge in [0.15, 0.2) is 0 Å². The van der Waals surface area contributed by atoms with E-state index in [0.29, 0.717) is 5.92 Å². The van der Waals surface area contributed by atoms with Crippen LogP contribution >= 0.6 is 22.9 Å². The summed E-state index contributed by atoms with van der Waals surface area (Å²) in [5, 5.41) is 4.25. The van der Waals surface area contributed by atoms with Gasteiger partial charge in [0.25, 0.3) is 0 Å². The van der Waals surface area contributed by atoms with Gasteiger partial charge in [0.2, 0.25) is 5.13 Å². The average Bonchev–Trinajstić information content (AvgIpc) is 2.95. The topological polar surface area (TPSA) is 37.8 Å². The van der Waals surface area contributed by atoms with Crippen molar-refractivity contribution in [3.05, 3.63) is 27.7 Å². The zero-order valence-electron chi connectivity index (χ0n) is 10.4. The number of aryl methyl sites for hydroxylation is 1. The number of hydrogen-bond donors (Lipinski definition) is 1. The van der Waals surface area contributed by atoms with Crippen LogP contribution in [-0.4, -0.2) is 9.36 Å². The van der Waals surface area contributed by atoms with Crippen molar-refractivity contribution >= 4 is 28.0 Å². The number of rotatable bonds is 5. The number of nitrogens with one attached hydrogen (secondary N) is 1. The molecule has 0 atom stereocenters. The minimum Gasteiger partial charge on any atom is -0.355 e. The van der Waals surface area contributed by atoms with Gasteiger partial charge in [0, 0.05) is 27.2 Å². The van der Waals surface area contributed by atoms with Crippen molar-refractivity contribution in [2.75, 3.05) is 5.32 Å². The molecule has 17 heavy (non-hydrogen) atoms. The van der Waals surface area contributed by atoms with Gasteiger partial charge >= 0.3 is 0 Å². The van der Waals surface area contributed by atoms with Crippen molar-refractivity contribution < 1.29 is 0 Å². The Bertz CT molecular complexity index is 474. The van der Waals surface area contributed by atoms with E-state index in [2.05, 4.69) is 47.6 Å². The molecule has 3 nitrogen and oxygen atoms in total. The highest BCUT2D eigenvalue weighted by molar-refractivity contribution is 7.12. The molecule has 2 rings (SSSR count). The number of hydrogen-bond acceptors (Lipinski definition) is 5. The summed E-state index contributed by atoms with van der Waals surface area (Å²) in [4.78, 5) is 7.24. The van der Waals surface area contributed by atoms with Crippen LogP contribution in [0.3, 0.4) is 0 Å². The van der Waals surface area contributed by atoms with Crippen molar-refractivity contribution in [1.82, 2.24) is 9.36 Å². The quantitative estimate of drug-likeness (QED) is 0.893. The summed E-state index contributed by atoms with van der Waals surface area (Å²) in [7, 11) is 0. The zero-order valence-corrected chi connectivity index (χ0v) is 12.0. The molecule has 0 aliphatic carbocycles. The summed E-state index contributed by atoms with van der Waals surface area (Å²) in [6.07, 6.45) is 1.11. The standard InChI is InChI=1S/C12H17N3S2/c1-4-9-5-6-10(16-9)7-13-12-14-11(8(2)3)15-17-12/h5-6,8H,4,7H2,1-3H3,(H,13,14,15). The Balaban J connectivity index is 1.92. The lowest BCUT2D eigenvalue weighted by atomic mass is 10.2. The van der Waals surface area contributed by atoms with Crippen LogP contribution in [0.5, 0.6) is 0 Å². The first-order valence-electron chi connectivity index (χ1n) is 5.84. The van der Waals surface area contributed by atoms with Crippen molar-refractivity contribution in [2.24, 2.45) is 0 Å². The number of thiophene rings is 1. The lowest BCUT2D eigenvalue weighted by molar-refractivity contribution is 0.799. The van der Waals surface area contributed by atoms with Gasteiger partial charge in [-0.25, -0.2) is 4.98 Å². The molecule has 92 valence electrons. The molecule has 0 fully saturated rings. The summed E-state index contributed by atoms with van der Waals surface area (Å²) >= 11 is 3.30. The third-order valence-corrected chi connectivity index (χ3v) is 4.35. The molecule has 0 bridgehead atoms. The molecule has 2 aromatic heterocycles. The van der Waals surface area contributed by atoms with E-state index >= 15 is 0 Å². The summed E-state index contributed by atoms with van der Waals surface area (Å²) in [6, 6.07) is 4.38. The van der Waals surface area contributed by atoms with Crippen LogP contribution in [0, 0.1) is 0 Å². The molecular weight excluding hydrogens is 250 g/mol. The Labute approximate surface area is 110 Å². The predicted octanol–water partition coefficient (Wildman–Crippen LogP) is 3.90. The molecule has 2 aromatic rings. The van der Waals surface area contributed by atoms with Gasteiger partial charge in [-0.2, -0.15) is 4.37 Å². The maximum Gasteiger partial charge on any atom is 0.202 e. The van der Waals surface area contributed by atoms with Gasteiger partial charge in [-0.3, -0.25) is 0 Å². The molecule has 0 saturated carbocycles. The zero-order chi connectivity index (χ0) is 12.3. The fourth-order valence-electron chi connectivity index (χ4n) is 1.41. The molecule has 5 heteroatoms. The Morgan fingerprint density at radius 3 is 2.65 bits per heavy atom. The monoisotopic (exact) mass is 267 g/mol. The highest BCUT2D eigenvalue weighted by Crippen LogP contribution is 2.21. The second kappa shape index (κ2) is 5.60. The van der Waals surface area contributed by atoms with Crippen LogP contribution < -0.4 is 5.32 Å². The number of aromatic nitrogens is 2. The lowest BCUT2D eigenvalue weighted by Gasteiger charge is -1.99. The van der Waals surface area contributed by atoms with Crippen molar-refractivity contribution in [3.63, 3.8) is 0 Å². The van der Waals surface area contributed by atoms with E-state index in [0.717, 1.165) is 23.9 Å². The van der Waals surface area contributed by atoms with Gasteiger partial charge in [0.1, 0.15) is 5.82 Å². The highest BCUT2D eigenvalue weighted by atomic mass is 32.1. The second-order valence-corrected chi connectivity index (χ2v) is 6.19. The number of anilines is 1. The minimum atomic E-state index is 0.398. The van der Waals surface area contributed by atoms with E-state index < -0.39 is 0 Å². The van der Waals surface area contributed by atoms with Crippen LogP contribution in [0.25, 0.3) is 0 Å². The fourth-order valence-corrected chi connectivity index (χ4v) is 3.01. The molecule has 0 aromatic carbocycles. The van der Waals surface area contributed by atoms with Crippen LogP contribution in [0.15, 0.2) is 12.1 Å². The van der Waals surface area contributed by atoms with Gasteiger partial charge in [-0.1, -0.05) is 20.8 Å². The summed E-state index contributed by atoms with van der Waals surface area (Å²) in [5.41, 5.74) is 0. The van der Waals surface area contributed by atoms with Crippen molar-refractivity contribution in [2.45, 2.75) is 39.7 Å². The van der Waals surface area contributed by atoms with Gasteiger partial charge in [0.05, 0.1) is 6.54 Å². The molecule has 0 spiro atoms. The van der Waals surface area contributed by atoms with Gasteiger partial charge in [-0.15, -0.1) is 11.3 Å². The summed E-state index contributed by atoms with van der Waals surface area (Å²) in [5.74, 6) is 1.33. The molecule has 0 saturated heterocycles. The van der Waals surface area contributed by atoms with Crippen LogP contribution in [0.1, 0.15) is 42.3 Å². The number of nitrogens with zero attached hydrogens (tertiary/aromatic N) is 2. The molecule has 0 amide bonds. The third kappa shape index (κ3) is 3.26. The van der Waals surface area contributed by atoms with Crippen LogP contribution in [0.2, 0.25) is 0 Å². The maximum atomic E-state index is 4.45. The van der Waals surface area contributed by atoms with E-state index in [1.165, 1.54) is 21.3 Å². The molecular formula is C12H17N3S2. The first-order chi connectivity index (χ1) is 8.19. The Morgan fingerprint density at radius 1 is 1.29 bits per heavy atom. The molecule has 2 heterocycles. The largest absolute Gasteiger partial charge is 0.355 e. The van der Waals surface area contributed by atoms with E-state index in [-0.39, 0.29) is 0 Å². The molecule has 0 unspecified atom stereocenters. The van der Waals surface area contributed by atoms with E-state index in [1.54, 1.807) is 0 Å². The highest BCUT2D eigenvalue weighted by Gasteiger charge is 2.07. The maximum absolute atomic E-state index is 4.45. The van der Waals surface area contributed by atoms with Crippen LogP contribution in [-0.2, 0) is 13.0 Å². The minimum absolute atomic E-state index is 0.398. The normalized spacial score (nSPS) is 11.1. The Morgan fingerprint density at radius 2 is 2.06 bits per heavy atom. The Hall–Kier alpha value is -0.940. The molecule has 1 N–H and O–H groups in total. The van der Waals surface area contributed by atoms with Crippen LogP contribution in [0.4, 0.5) is 5.13 Å². The summed E-state index contributed by atoms with van der Waals surface area (Å²) in [6.45, 7) is 7.25. The first-order valence-corrected chi connectivity index (χ1v) is 7.43. The van der Waals surface area contributed by atoms with E-state index in [9.17, 15) is 0 Å². The third-order valence-electron chi connectivity index (χ3n) is 2.44. The fraction of sp³-hybridized carbons (Fsp3) is 0.500. The summed E-state index contributed by atoms with van der Waals surface area (Å²) < 4.78 is 4.32. The molecule has 0 aliphatic rings. The van der Waals surface area contributed by atoms with Crippen molar-refractivity contribution in [3.8, 4) is 0 Å². The van der Waals surface area contributed by atoms with Gasteiger partial charge in [-0.05, 0) is 18.6 Å². The lowest BCUT2D eigenvalue weighted by Crippen LogP contribution is -1.97. The predicted molar refractivity (Wildman–Crippen MR) is 75.0 cm³/mol. The molecule has 0 aliphatic heterocycles. The molecule has 0 radical (unpaired) electrons. The van der Waals surface area contributed by atoms with E-state index in [4.69, 9.17) is 0 Å².